The number of ether oxygens (including phenoxy) is 1. The first-order valence-corrected chi connectivity index (χ1v) is 8.06. The van der Waals surface area contributed by atoms with Crippen molar-refractivity contribution in [3.05, 3.63) is 18.0 Å². The molecule has 2 atom stereocenters. The van der Waals surface area contributed by atoms with Crippen molar-refractivity contribution in [2.24, 2.45) is 0 Å². The summed E-state index contributed by atoms with van der Waals surface area (Å²) in [6.45, 7) is 11.3. The second kappa shape index (κ2) is 9.94. The largest absolute Gasteiger partial charge is 0.382 e. The molecular weight excluding hydrogens is 250 g/mol. The first-order valence-electron chi connectivity index (χ1n) is 8.06. The highest BCUT2D eigenvalue weighted by atomic mass is 16.5. The zero-order chi connectivity index (χ0) is 14.8. The molecule has 0 bridgehead atoms. The van der Waals surface area contributed by atoms with Crippen molar-refractivity contribution in [2.75, 3.05) is 19.8 Å². The SMILES string of the molecule is CCNC(CCCOCC)Cc1ccn(C(C)CC)n1. The number of nitrogens with one attached hydrogen (secondary N) is 1. The lowest BCUT2D eigenvalue weighted by atomic mass is 10.1. The van der Waals surface area contributed by atoms with Gasteiger partial charge in [-0.3, -0.25) is 4.68 Å². The van der Waals surface area contributed by atoms with Gasteiger partial charge in [0.2, 0.25) is 0 Å². The first kappa shape index (κ1) is 17.2. The Balaban J connectivity index is 2.45. The van der Waals surface area contributed by atoms with E-state index in [4.69, 9.17) is 9.84 Å². The third-order valence-corrected chi connectivity index (χ3v) is 3.70. The molecular formula is C16H31N3O. The summed E-state index contributed by atoms with van der Waals surface area (Å²) in [7, 11) is 0. The highest BCUT2D eigenvalue weighted by molar-refractivity contribution is 5.02. The Morgan fingerprint density at radius 1 is 1.35 bits per heavy atom. The minimum atomic E-state index is 0.485. The molecule has 4 heteroatoms. The topological polar surface area (TPSA) is 39.1 Å². The van der Waals surface area contributed by atoms with E-state index in [1.807, 2.05) is 6.92 Å². The van der Waals surface area contributed by atoms with Crippen molar-refractivity contribution >= 4 is 0 Å². The maximum Gasteiger partial charge on any atom is 0.0640 e. The molecule has 0 saturated heterocycles. The van der Waals surface area contributed by atoms with Gasteiger partial charge in [0, 0.05) is 37.9 Å². The lowest BCUT2D eigenvalue weighted by Gasteiger charge is -2.17. The van der Waals surface area contributed by atoms with E-state index < -0.39 is 0 Å². The van der Waals surface area contributed by atoms with Crippen molar-refractivity contribution in [3.8, 4) is 0 Å². The quantitative estimate of drug-likeness (QED) is 0.633. The van der Waals surface area contributed by atoms with E-state index in [2.05, 4.69) is 43.0 Å². The Kier molecular flexibility index (Phi) is 8.54. The van der Waals surface area contributed by atoms with Gasteiger partial charge in [0.05, 0.1) is 5.69 Å². The fourth-order valence-electron chi connectivity index (χ4n) is 2.31. The lowest BCUT2D eigenvalue weighted by Crippen LogP contribution is -2.31. The highest BCUT2D eigenvalue weighted by Gasteiger charge is 2.11. The van der Waals surface area contributed by atoms with Crippen LogP contribution in [0.3, 0.4) is 0 Å². The number of hydrogen-bond acceptors (Lipinski definition) is 3. The molecule has 1 aromatic heterocycles. The summed E-state index contributed by atoms with van der Waals surface area (Å²) in [6, 6.07) is 3.14. The van der Waals surface area contributed by atoms with Crippen molar-refractivity contribution in [3.63, 3.8) is 0 Å². The van der Waals surface area contributed by atoms with E-state index in [1.54, 1.807) is 0 Å². The summed E-state index contributed by atoms with van der Waals surface area (Å²) in [5.74, 6) is 0. The summed E-state index contributed by atoms with van der Waals surface area (Å²) < 4.78 is 7.50. The fraction of sp³-hybridized carbons (Fsp3) is 0.812. The minimum absolute atomic E-state index is 0.485. The molecule has 4 nitrogen and oxygen atoms in total. The van der Waals surface area contributed by atoms with Gasteiger partial charge in [0.25, 0.3) is 0 Å². The molecule has 0 amide bonds. The molecule has 0 aromatic carbocycles. The van der Waals surface area contributed by atoms with Gasteiger partial charge in [-0.05, 0) is 45.7 Å². The predicted molar refractivity (Wildman–Crippen MR) is 84.1 cm³/mol. The second-order valence-electron chi connectivity index (χ2n) is 5.34. The third-order valence-electron chi connectivity index (χ3n) is 3.70. The first-order chi connectivity index (χ1) is 9.71. The van der Waals surface area contributed by atoms with Crippen LogP contribution in [0.15, 0.2) is 12.3 Å². The number of likely N-dealkylation sites (N-methyl/N-ethyl adjacent to an activating group) is 1. The van der Waals surface area contributed by atoms with Crippen LogP contribution >= 0.6 is 0 Å². The summed E-state index contributed by atoms with van der Waals surface area (Å²) >= 11 is 0. The second-order valence-corrected chi connectivity index (χ2v) is 5.34. The lowest BCUT2D eigenvalue weighted by molar-refractivity contribution is 0.140. The van der Waals surface area contributed by atoms with Crippen LogP contribution in [-0.4, -0.2) is 35.6 Å². The number of rotatable bonds is 11. The molecule has 1 aromatic rings. The van der Waals surface area contributed by atoms with Gasteiger partial charge >= 0.3 is 0 Å². The van der Waals surface area contributed by atoms with Gasteiger partial charge in [0.15, 0.2) is 0 Å². The van der Waals surface area contributed by atoms with Crippen molar-refractivity contribution in [2.45, 2.75) is 65.5 Å². The molecule has 1 rings (SSSR count). The smallest absolute Gasteiger partial charge is 0.0640 e. The molecule has 0 aliphatic rings. The monoisotopic (exact) mass is 281 g/mol. The summed E-state index contributed by atoms with van der Waals surface area (Å²) in [4.78, 5) is 0. The zero-order valence-electron chi connectivity index (χ0n) is 13.6. The summed E-state index contributed by atoms with van der Waals surface area (Å²) in [5.41, 5.74) is 1.19. The molecule has 0 fully saturated rings. The van der Waals surface area contributed by atoms with E-state index in [-0.39, 0.29) is 0 Å². The maximum atomic E-state index is 5.41. The standard InChI is InChI=1S/C16H31N3O/c1-5-14(4)19-11-10-16(18-19)13-15(17-6-2)9-8-12-20-7-3/h10-11,14-15,17H,5-9,12-13H2,1-4H3. The normalized spacial score (nSPS) is 14.4. The molecule has 0 radical (unpaired) electrons. The van der Waals surface area contributed by atoms with Crippen LogP contribution in [0.4, 0.5) is 0 Å². The molecule has 2 unspecified atom stereocenters. The minimum Gasteiger partial charge on any atom is -0.382 e. The van der Waals surface area contributed by atoms with Crippen LogP contribution in [0, 0.1) is 0 Å². The molecule has 0 aliphatic carbocycles. The van der Waals surface area contributed by atoms with Gasteiger partial charge < -0.3 is 10.1 Å². The molecule has 20 heavy (non-hydrogen) atoms. The number of nitrogens with zero attached hydrogens (tertiary/aromatic N) is 2. The Labute approximate surface area is 123 Å². The summed E-state index contributed by atoms with van der Waals surface area (Å²) in [5, 5.41) is 8.25. The van der Waals surface area contributed by atoms with Crippen molar-refractivity contribution in [1.82, 2.24) is 15.1 Å². The molecule has 0 saturated carbocycles. The highest BCUT2D eigenvalue weighted by Crippen LogP contribution is 2.11. The molecule has 116 valence electrons. The van der Waals surface area contributed by atoms with Crippen LogP contribution in [0.5, 0.6) is 0 Å². The molecule has 1 N–H and O–H groups in total. The Morgan fingerprint density at radius 2 is 2.15 bits per heavy atom. The van der Waals surface area contributed by atoms with Crippen molar-refractivity contribution in [1.29, 1.82) is 0 Å². The Bertz CT molecular complexity index is 351. The van der Waals surface area contributed by atoms with E-state index in [1.165, 1.54) is 5.69 Å². The fourth-order valence-corrected chi connectivity index (χ4v) is 2.31. The van der Waals surface area contributed by atoms with Gasteiger partial charge in [-0.2, -0.15) is 5.10 Å². The molecule has 0 aliphatic heterocycles. The van der Waals surface area contributed by atoms with Gasteiger partial charge in [0.1, 0.15) is 0 Å². The molecule has 1 heterocycles. The van der Waals surface area contributed by atoms with E-state index in [9.17, 15) is 0 Å². The number of aromatic nitrogens is 2. The summed E-state index contributed by atoms with van der Waals surface area (Å²) in [6.07, 6.45) is 6.48. The average molecular weight is 281 g/mol. The van der Waals surface area contributed by atoms with Crippen LogP contribution in [-0.2, 0) is 11.2 Å². The van der Waals surface area contributed by atoms with Crippen LogP contribution in [0.25, 0.3) is 0 Å². The van der Waals surface area contributed by atoms with Crippen LogP contribution < -0.4 is 5.32 Å². The average Bonchev–Trinajstić information content (AvgIpc) is 2.91. The zero-order valence-corrected chi connectivity index (χ0v) is 13.6. The Hall–Kier alpha value is -0.870. The third kappa shape index (κ3) is 6.06. The van der Waals surface area contributed by atoms with Gasteiger partial charge in [-0.25, -0.2) is 0 Å². The maximum absolute atomic E-state index is 5.41. The van der Waals surface area contributed by atoms with Crippen LogP contribution in [0.1, 0.15) is 58.7 Å². The Morgan fingerprint density at radius 3 is 2.80 bits per heavy atom. The van der Waals surface area contributed by atoms with E-state index >= 15 is 0 Å². The molecule has 0 spiro atoms. The van der Waals surface area contributed by atoms with Crippen molar-refractivity contribution < 1.29 is 4.74 Å². The van der Waals surface area contributed by atoms with E-state index in [0.717, 1.165) is 45.4 Å². The van der Waals surface area contributed by atoms with Gasteiger partial charge in [-0.1, -0.05) is 13.8 Å². The number of hydrogen-bond donors (Lipinski definition) is 1. The van der Waals surface area contributed by atoms with Gasteiger partial charge in [-0.15, -0.1) is 0 Å². The predicted octanol–water partition coefficient (Wildman–Crippen LogP) is 3.19. The van der Waals surface area contributed by atoms with E-state index in [0.29, 0.717) is 12.1 Å². The van der Waals surface area contributed by atoms with Crippen LogP contribution in [0.2, 0.25) is 0 Å².